The highest BCUT2D eigenvalue weighted by molar-refractivity contribution is 7.80. The van der Waals surface area contributed by atoms with Gasteiger partial charge in [0.15, 0.2) is 0 Å². The molecule has 1 atom stereocenters. The quantitative estimate of drug-likeness (QED) is 0.827. The molecule has 1 heterocycles. The lowest BCUT2D eigenvalue weighted by molar-refractivity contribution is 0.313. The number of thiocarbonyl (C=S) groups is 1. The van der Waals surface area contributed by atoms with Crippen molar-refractivity contribution in [3.63, 3.8) is 0 Å². The Morgan fingerprint density at radius 2 is 2.33 bits per heavy atom. The van der Waals surface area contributed by atoms with Crippen LogP contribution in [-0.4, -0.2) is 23.0 Å². The summed E-state index contributed by atoms with van der Waals surface area (Å²) < 4.78 is 0. The summed E-state index contributed by atoms with van der Waals surface area (Å²) in [6, 6.07) is 8.31. The molecule has 1 aromatic carbocycles. The van der Waals surface area contributed by atoms with Gasteiger partial charge in [-0.25, -0.2) is 0 Å². The van der Waals surface area contributed by atoms with Crippen molar-refractivity contribution in [3.8, 4) is 0 Å². The zero-order valence-corrected chi connectivity index (χ0v) is 11.9. The molecule has 18 heavy (non-hydrogen) atoms. The molecule has 0 bridgehead atoms. The minimum atomic E-state index is 0.488. The number of likely N-dealkylation sites (tertiary alicyclic amines) is 1. The van der Waals surface area contributed by atoms with Crippen LogP contribution in [0, 0.1) is 5.92 Å². The minimum Gasteiger partial charge on any atom is -0.389 e. The molecule has 0 amide bonds. The first-order valence-electron chi connectivity index (χ1n) is 6.80. The Morgan fingerprint density at radius 1 is 1.50 bits per heavy atom. The largest absolute Gasteiger partial charge is 0.389 e. The Morgan fingerprint density at radius 3 is 3.06 bits per heavy atom. The van der Waals surface area contributed by atoms with E-state index in [4.69, 9.17) is 18.0 Å². The summed E-state index contributed by atoms with van der Waals surface area (Å²) in [6.45, 7) is 5.76. The first kappa shape index (κ1) is 13.5. The van der Waals surface area contributed by atoms with Gasteiger partial charge < -0.3 is 5.73 Å². The second-order valence-electron chi connectivity index (χ2n) is 5.24. The fourth-order valence-corrected chi connectivity index (χ4v) is 2.91. The van der Waals surface area contributed by atoms with Crippen LogP contribution in [0.3, 0.4) is 0 Å². The molecule has 2 nitrogen and oxygen atoms in total. The average molecular weight is 262 g/mol. The zero-order chi connectivity index (χ0) is 13.0. The van der Waals surface area contributed by atoms with Crippen molar-refractivity contribution in [1.29, 1.82) is 0 Å². The number of hydrogen-bond acceptors (Lipinski definition) is 2. The maximum absolute atomic E-state index is 5.67. The van der Waals surface area contributed by atoms with Gasteiger partial charge in [0.1, 0.15) is 4.99 Å². The molecule has 0 spiro atoms. The fourth-order valence-electron chi connectivity index (χ4n) is 2.78. The van der Waals surface area contributed by atoms with Crippen LogP contribution >= 0.6 is 12.2 Å². The molecule has 1 aliphatic heterocycles. The predicted molar refractivity (Wildman–Crippen MR) is 80.6 cm³/mol. The van der Waals surface area contributed by atoms with Crippen LogP contribution < -0.4 is 5.73 Å². The van der Waals surface area contributed by atoms with Gasteiger partial charge in [-0.15, -0.1) is 0 Å². The highest BCUT2D eigenvalue weighted by Crippen LogP contribution is 2.22. The SMILES string of the molecule is CCCC1CCN(Cc2cccc(C(N)=S)c2)C1. The van der Waals surface area contributed by atoms with E-state index >= 15 is 0 Å². The summed E-state index contributed by atoms with van der Waals surface area (Å²) in [5, 5.41) is 0. The van der Waals surface area contributed by atoms with Gasteiger partial charge in [-0.1, -0.05) is 43.8 Å². The first-order valence-corrected chi connectivity index (χ1v) is 7.21. The molecular formula is C15H22N2S. The molecule has 1 saturated heterocycles. The highest BCUT2D eigenvalue weighted by Gasteiger charge is 2.21. The van der Waals surface area contributed by atoms with Crippen molar-refractivity contribution >= 4 is 17.2 Å². The van der Waals surface area contributed by atoms with E-state index in [-0.39, 0.29) is 0 Å². The van der Waals surface area contributed by atoms with E-state index in [1.54, 1.807) is 0 Å². The molecule has 2 rings (SSSR count). The normalized spacial score (nSPS) is 20.2. The third-order valence-corrected chi connectivity index (χ3v) is 3.92. The first-order chi connectivity index (χ1) is 8.69. The molecular weight excluding hydrogens is 240 g/mol. The molecule has 1 aliphatic rings. The van der Waals surface area contributed by atoms with Crippen molar-refractivity contribution in [2.75, 3.05) is 13.1 Å². The van der Waals surface area contributed by atoms with Crippen LogP contribution in [0.4, 0.5) is 0 Å². The summed E-state index contributed by atoms with van der Waals surface area (Å²) >= 11 is 5.02. The van der Waals surface area contributed by atoms with E-state index in [1.165, 1.54) is 37.9 Å². The van der Waals surface area contributed by atoms with Crippen LogP contribution in [0.1, 0.15) is 37.3 Å². The molecule has 3 heteroatoms. The van der Waals surface area contributed by atoms with Crippen LogP contribution in [0.2, 0.25) is 0 Å². The monoisotopic (exact) mass is 262 g/mol. The third kappa shape index (κ3) is 3.53. The van der Waals surface area contributed by atoms with Crippen molar-refractivity contribution in [2.45, 2.75) is 32.7 Å². The van der Waals surface area contributed by atoms with Gasteiger partial charge >= 0.3 is 0 Å². The summed E-state index contributed by atoms with van der Waals surface area (Å²) in [5.74, 6) is 0.897. The van der Waals surface area contributed by atoms with Gasteiger partial charge in [-0.3, -0.25) is 4.90 Å². The van der Waals surface area contributed by atoms with Crippen molar-refractivity contribution in [3.05, 3.63) is 35.4 Å². The molecule has 0 aliphatic carbocycles. The highest BCUT2D eigenvalue weighted by atomic mass is 32.1. The number of nitrogens with zero attached hydrogens (tertiary/aromatic N) is 1. The lowest BCUT2D eigenvalue weighted by Crippen LogP contribution is -2.20. The maximum Gasteiger partial charge on any atom is 0.103 e. The lowest BCUT2D eigenvalue weighted by Gasteiger charge is -2.16. The van der Waals surface area contributed by atoms with Crippen molar-refractivity contribution in [2.24, 2.45) is 11.7 Å². The zero-order valence-electron chi connectivity index (χ0n) is 11.1. The topological polar surface area (TPSA) is 29.3 Å². The van der Waals surface area contributed by atoms with Gasteiger partial charge in [0, 0.05) is 18.7 Å². The number of benzene rings is 1. The van der Waals surface area contributed by atoms with Crippen molar-refractivity contribution < 1.29 is 0 Å². The summed E-state index contributed by atoms with van der Waals surface area (Å²) in [7, 11) is 0. The lowest BCUT2D eigenvalue weighted by atomic mass is 10.0. The van der Waals surface area contributed by atoms with Gasteiger partial charge in [0.2, 0.25) is 0 Å². The van der Waals surface area contributed by atoms with Gasteiger partial charge in [-0.05, 0) is 36.9 Å². The Hall–Kier alpha value is -0.930. The Labute approximate surface area is 115 Å². The second-order valence-corrected chi connectivity index (χ2v) is 5.68. The summed E-state index contributed by atoms with van der Waals surface area (Å²) in [6.07, 6.45) is 4.02. The van der Waals surface area contributed by atoms with Gasteiger partial charge in [0.05, 0.1) is 0 Å². The molecule has 2 N–H and O–H groups in total. The molecule has 1 unspecified atom stereocenters. The third-order valence-electron chi connectivity index (χ3n) is 3.68. The van der Waals surface area contributed by atoms with E-state index in [1.807, 2.05) is 12.1 Å². The number of rotatable bonds is 5. The molecule has 98 valence electrons. The van der Waals surface area contributed by atoms with Crippen LogP contribution in [0.15, 0.2) is 24.3 Å². The number of nitrogens with two attached hydrogens (primary N) is 1. The Bertz CT molecular complexity index is 417. The number of hydrogen-bond donors (Lipinski definition) is 1. The molecule has 0 radical (unpaired) electrons. The van der Waals surface area contributed by atoms with E-state index in [0.717, 1.165) is 18.0 Å². The van der Waals surface area contributed by atoms with E-state index in [0.29, 0.717) is 4.99 Å². The van der Waals surface area contributed by atoms with E-state index in [9.17, 15) is 0 Å². The van der Waals surface area contributed by atoms with Gasteiger partial charge in [-0.2, -0.15) is 0 Å². The van der Waals surface area contributed by atoms with Crippen LogP contribution in [-0.2, 0) is 6.54 Å². The Balaban J connectivity index is 1.94. The fraction of sp³-hybridized carbons (Fsp3) is 0.533. The second kappa shape index (κ2) is 6.30. The van der Waals surface area contributed by atoms with Gasteiger partial charge in [0.25, 0.3) is 0 Å². The summed E-state index contributed by atoms with van der Waals surface area (Å²) in [4.78, 5) is 3.03. The van der Waals surface area contributed by atoms with E-state index in [2.05, 4.69) is 24.0 Å². The molecule has 1 aromatic rings. The molecule has 0 saturated carbocycles. The Kier molecular flexibility index (Phi) is 4.72. The average Bonchev–Trinajstić information content (AvgIpc) is 2.77. The maximum atomic E-state index is 5.67. The smallest absolute Gasteiger partial charge is 0.103 e. The summed E-state index contributed by atoms with van der Waals surface area (Å²) in [5.41, 5.74) is 7.97. The predicted octanol–water partition coefficient (Wildman–Crippen LogP) is 2.94. The standard InChI is InChI=1S/C15H22N2S/c1-2-4-12-7-8-17(10-12)11-13-5-3-6-14(9-13)15(16)18/h3,5-6,9,12H,2,4,7-8,10-11H2,1H3,(H2,16,18). The van der Waals surface area contributed by atoms with Crippen molar-refractivity contribution in [1.82, 2.24) is 4.90 Å². The van der Waals surface area contributed by atoms with Crippen LogP contribution in [0.25, 0.3) is 0 Å². The molecule has 1 fully saturated rings. The van der Waals surface area contributed by atoms with Crippen LogP contribution in [0.5, 0.6) is 0 Å². The molecule has 0 aromatic heterocycles. The minimum absolute atomic E-state index is 0.488. The van der Waals surface area contributed by atoms with E-state index < -0.39 is 0 Å².